The number of para-hydroxylation sites is 1. The van der Waals surface area contributed by atoms with Gasteiger partial charge in [0.15, 0.2) is 0 Å². The lowest BCUT2D eigenvalue weighted by atomic mass is 10.0. The van der Waals surface area contributed by atoms with Gasteiger partial charge >= 0.3 is 0 Å². The van der Waals surface area contributed by atoms with Crippen molar-refractivity contribution in [3.63, 3.8) is 0 Å². The summed E-state index contributed by atoms with van der Waals surface area (Å²) in [7, 11) is 2.12. The molecule has 2 heterocycles. The molecule has 0 spiro atoms. The van der Waals surface area contributed by atoms with Gasteiger partial charge in [-0.15, -0.1) is 0 Å². The number of carbonyl (C=O) groups excluding carboxylic acids is 1. The molecule has 0 unspecified atom stereocenters. The van der Waals surface area contributed by atoms with Gasteiger partial charge in [0.25, 0.3) is 0 Å². The molecule has 0 saturated carbocycles. The van der Waals surface area contributed by atoms with Gasteiger partial charge in [0, 0.05) is 57.0 Å². The molecule has 1 aliphatic rings. The van der Waals surface area contributed by atoms with Crippen molar-refractivity contribution in [1.29, 1.82) is 0 Å². The molecule has 1 fully saturated rings. The summed E-state index contributed by atoms with van der Waals surface area (Å²) >= 11 is 0. The number of likely N-dealkylation sites (tertiary alicyclic amines) is 1. The molecule has 3 rings (SSSR count). The molecule has 1 aromatic heterocycles. The zero-order valence-electron chi connectivity index (χ0n) is 15.1. The largest absolute Gasteiger partial charge is 0.396 e. The Bertz CT molecular complexity index is 689. The lowest BCUT2D eigenvalue weighted by Gasteiger charge is -2.36. The van der Waals surface area contributed by atoms with Gasteiger partial charge in [-0.1, -0.05) is 18.2 Å². The van der Waals surface area contributed by atoms with Crippen LogP contribution in [-0.4, -0.2) is 64.7 Å². The highest BCUT2D eigenvalue weighted by molar-refractivity contribution is 5.80. The Labute approximate surface area is 149 Å². The molecule has 5 heteroatoms. The third-order valence-electron chi connectivity index (χ3n) is 5.36. The summed E-state index contributed by atoms with van der Waals surface area (Å²) in [4.78, 5) is 16.9. The Kier molecular flexibility index (Phi) is 6.10. The number of amides is 1. The Balaban J connectivity index is 1.47. The van der Waals surface area contributed by atoms with Crippen molar-refractivity contribution in [2.75, 3.05) is 33.3 Å². The van der Waals surface area contributed by atoms with Crippen molar-refractivity contribution < 1.29 is 9.90 Å². The summed E-state index contributed by atoms with van der Waals surface area (Å²) in [5.74, 6) is 0.259. The van der Waals surface area contributed by atoms with Gasteiger partial charge in [-0.05, 0) is 43.8 Å². The van der Waals surface area contributed by atoms with Crippen molar-refractivity contribution in [1.82, 2.24) is 14.4 Å². The van der Waals surface area contributed by atoms with E-state index in [9.17, 15) is 4.79 Å². The Morgan fingerprint density at radius 3 is 2.76 bits per heavy atom. The van der Waals surface area contributed by atoms with Crippen molar-refractivity contribution >= 4 is 16.8 Å². The van der Waals surface area contributed by atoms with Gasteiger partial charge in [-0.25, -0.2) is 0 Å². The summed E-state index contributed by atoms with van der Waals surface area (Å²) < 4.78 is 2.17. The maximum atomic E-state index is 12.5. The second-order valence-electron chi connectivity index (χ2n) is 6.99. The Morgan fingerprint density at radius 1 is 1.24 bits per heavy atom. The van der Waals surface area contributed by atoms with Crippen LogP contribution in [0.4, 0.5) is 0 Å². The first-order chi connectivity index (χ1) is 12.2. The molecule has 0 atom stereocenters. The lowest BCUT2D eigenvalue weighted by molar-refractivity contribution is -0.132. The van der Waals surface area contributed by atoms with Gasteiger partial charge < -0.3 is 19.5 Å². The summed E-state index contributed by atoms with van der Waals surface area (Å²) in [6.07, 6.45) is 5.50. The fourth-order valence-electron chi connectivity index (χ4n) is 3.77. The van der Waals surface area contributed by atoms with Crippen molar-refractivity contribution in [3.05, 3.63) is 36.5 Å². The Morgan fingerprint density at radius 2 is 2.00 bits per heavy atom. The molecule has 1 amide bonds. The molecule has 1 aromatic carbocycles. The number of rotatable bonds is 7. The number of aliphatic hydroxyl groups is 1. The fourth-order valence-corrected chi connectivity index (χ4v) is 3.77. The lowest BCUT2D eigenvalue weighted by Crippen LogP contribution is -2.46. The van der Waals surface area contributed by atoms with E-state index in [4.69, 9.17) is 5.11 Å². The average molecular weight is 343 g/mol. The molecular weight excluding hydrogens is 314 g/mol. The van der Waals surface area contributed by atoms with Crippen molar-refractivity contribution in [3.8, 4) is 0 Å². The molecule has 5 nitrogen and oxygen atoms in total. The van der Waals surface area contributed by atoms with Gasteiger partial charge in [-0.3, -0.25) is 4.79 Å². The number of aryl methyl sites for hydroxylation is 1. The number of hydrogen-bond donors (Lipinski definition) is 1. The normalized spacial score (nSPS) is 16.0. The van der Waals surface area contributed by atoms with E-state index < -0.39 is 0 Å². The fraction of sp³-hybridized carbons (Fsp3) is 0.550. The number of aliphatic hydroxyl groups excluding tert-OH is 1. The van der Waals surface area contributed by atoms with Crippen LogP contribution >= 0.6 is 0 Å². The molecular formula is C20H29N3O2. The van der Waals surface area contributed by atoms with Crippen molar-refractivity contribution in [2.24, 2.45) is 0 Å². The molecule has 0 radical (unpaired) electrons. The second kappa shape index (κ2) is 8.50. The molecule has 1 saturated heterocycles. The van der Waals surface area contributed by atoms with E-state index in [1.807, 2.05) is 17.0 Å². The van der Waals surface area contributed by atoms with Crippen LogP contribution in [0.5, 0.6) is 0 Å². The number of carbonyl (C=O) groups is 1. The number of hydrogen-bond acceptors (Lipinski definition) is 3. The van der Waals surface area contributed by atoms with E-state index in [1.54, 1.807) is 0 Å². The van der Waals surface area contributed by atoms with E-state index in [2.05, 4.69) is 40.9 Å². The summed E-state index contributed by atoms with van der Waals surface area (Å²) in [6.45, 7) is 3.60. The molecule has 1 N–H and O–H groups in total. The molecule has 0 bridgehead atoms. The van der Waals surface area contributed by atoms with E-state index in [0.29, 0.717) is 12.5 Å². The highest BCUT2D eigenvalue weighted by Crippen LogP contribution is 2.18. The van der Waals surface area contributed by atoms with Gasteiger partial charge in [0.1, 0.15) is 0 Å². The van der Waals surface area contributed by atoms with Crippen molar-refractivity contribution in [2.45, 2.75) is 38.3 Å². The number of aromatic nitrogens is 1. The smallest absolute Gasteiger partial charge is 0.224 e. The maximum absolute atomic E-state index is 12.5. The number of piperidine rings is 1. The standard InChI is InChI=1S/C20H29N3O2/c1-21(11-4-16-24)18-8-13-23(14-9-18)20(25)10-15-22-12-7-17-5-2-3-6-19(17)22/h2-3,5-7,12,18,24H,4,8-11,13-16H2,1H3. The van der Waals surface area contributed by atoms with Crippen LogP contribution in [0, 0.1) is 0 Å². The monoisotopic (exact) mass is 343 g/mol. The van der Waals surface area contributed by atoms with Crippen LogP contribution in [0.2, 0.25) is 0 Å². The zero-order chi connectivity index (χ0) is 17.6. The average Bonchev–Trinajstić information content (AvgIpc) is 3.07. The summed E-state index contributed by atoms with van der Waals surface area (Å²) in [5.41, 5.74) is 1.19. The number of benzene rings is 1. The third-order valence-corrected chi connectivity index (χ3v) is 5.36. The van der Waals surface area contributed by atoms with Crippen LogP contribution < -0.4 is 0 Å². The Hall–Kier alpha value is -1.85. The van der Waals surface area contributed by atoms with Crippen LogP contribution in [0.1, 0.15) is 25.7 Å². The molecule has 25 heavy (non-hydrogen) atoms. The second-order valence-corrected chi connectivity index (χ2v) is 6.99. The highest BCUT2D eigenvalue weighted by atomic mass is 16.3. The minimum atomic E-state index is 0.246. The SMILES string of the molecule is CN(CCCO)C1CCN(C(=O)CCn2ccc3ccccc32)CC1. The van der Waals surface area contributed by atoms with E-state index in [-0.39, 0.29) is 12.5 Å². The highest BCUT2D eigenvalue weighted by Gasteiger charge is 2.24. The van der Waals surface area contributed by atoms with Crippen LogP contribution in [-0.2, 0) is 11.3 Å². The van der Waals surface area contributed by atoms with Crippen LogP contribution in [0.25, 0.3) is 10.9 Å². The predicted molar refractivity (Wildman–Crippen MR) is 100 cm³/mol. The minimum absolute atomic E-state index is 0.246. The summed E-state index contributed by atoms with van der Waals surface area (Å²) in [5, 5.41) is 10.2. The zero-order valence-corrected chi connectivity index (χ0v) is 15.1. The number of fused-ring (bicyclic) bond motifs is 1. The molecule has 2 aromatic rings. The minimum Gasteiger partial charge on any atom is -0.396 e. The first-order valence-electron chi connectivity index (χ1n) is 9.32. The first kappa shape index (κ1) is 18.0. The van der Waals surface area contributed by atoms with E-state index in [1.165, 1.54) is 10.9 Å². The predicted octanol–water partition coefficient (Wildman–Crippen LogP) is 2.34. The number of nitrogens with zero attached hydrogens (tertiary/aromatic N) is 3. The quantitative estimate of drug-likeness (QED) is 0.839. The van der Waals surface area contributed by atoms with Crippen LogP contribution in [0.15, 0.2) is 36.5 Å². The van der Waals surface area contributed by atoms with Gasteiger partial charge in [0.05, 0.1) is 0 Å². The van der Waals surface area contributed by atoms with E-state index >= 15 is 0 Å². The molecule has 136 valence electrons. The summed E-state index contributed by atoms with van der Waals surface area (Å²) in [6, 6.07) is 10.9. The molecule has 0 aliphatic carbocycles. The first-order valence-corrected chi connectivity index (χ1v) is 9.32. The third kappa shape index (κ3) is 4.41. The van der Waals surface area contributed by atoms with Gasteiger partial charge in [0.2, 0.25) is 5.91 Å². The molecule has 1 aliphatic heterocycles. The van der Waals surface area contributed by atoms with Gasteiger partial charge in [-0.2, -0.15) is 0 Å². The van der Waals surface area contributed by atoms with E-state index in [0.717, 1.165) is 45.4 Å². The topological polar surface area (TPSA) is 48.7 Å². The van der Waals surface area contributed by atoms with Crippen LogP contribution in [0.3, 0.4) is 0 Å². The maximum Gasteiger partial charge on any atom is 0.224 e.